The minimum atomic E-state index is 0. The molecule has 0 saturated carbocycles. The van der Waals surface area contributed by atoms with Crippen molar-refractivity contribution in [1.29, 1.82) is 0 Å². The van der Waals surface area contributed by atoms with E-state index in [2.05, 4.69) is 40.0 Å². The second kappa shape index (κ2) is 15.4. The molecule has 3 rings (SSSR count). The molecule has 0 radical (unpaired) electrons. The molecule has 0 spiro atoms. The zero-order valence-corrected chi connectivity index (χ0v) is 21.2. The van der Waals surface area contributed by atoms with Crippen molar-refractivity contribution in [2.45, 2.75) is 38.3 Å². The fraction of sp³-hybridized carbons (Fsp3) is 0.762. The summed E-state index contributed by atoms with van der Waals surface area (Å²) in [5, 5.41) is 8.97. The molecule has 0 aliphatic carbocycles. The third-order valence-electron chi connectivity index (χ3n) is 5.26. The molecule has 1 unspecified atom stereocenters. The highest BCUT2D eigenvalue weighted by Gasteiger charge is 2.23. The summed E-state index contributed by atoms with van der Waals surface area (Å²) in [7, 11) is 0. The third kappa shape index (κ3) is 8.96. The Morgan fingerprint density at radius 2 is 2.00 bits per heavy atom. The Bertz CT molecular complexity index is 579. The summed E-state index contributed by atoms with van der Waals surface area (Å²) in [6.07, 6.45) is 3.37. The van der Waals surface area contributed by atoms with Crippen LogP contribution in [0.25, 0.3) is 0 Å². The van der Waals surface area contributed by atoms with E-state index in [0.717, 1.165) is 91.0 Å². The molecule has 2 fully saturated rings. The average molecular weight is 553 g/mol. The van der Waals surface area contributed by atoms with Crippen molar-refractivity contribution < 1.29 is 14.2 Å². The lowest BCUT2D eigenvalue weighted by atomic mass is 10.1. The Morgan fingerprint density at radius 3 is 2.70 bits per heavy atom. The molecule has 9 heteroatoms. The normalized spacial score (nSPS) is 19.8. The first kappa shape index (κ1) is 25.8. The lowest BCUT2D eigenvalue weighted by Gasteiger charge is -2.33. The first-order valence-electron chi connectivity index (χ1n) is 10.9. The number of nitrogens with zero attached hydrogens (tertiary/aromatic N) is 2. The van der Waals surface area contributed by atoms with Crippen LogP contribution >= 0.6 is 35.3 Å². The molecule has 2 aliphatic rings. The number of aliphatic imine (C=N–C) groups is 1. The number of rotatable bonds is 10. The summed E-state index contributed by atoms with van der Waals surface area (Å²) in [4.78, 5) is 8.76. The van der Waals surface area contributed by atoms with Crippen LogP contribution in [0.3, 0.4) is 0 Å². The number of guanidine groups is 1. The van der Waals surface area contributed by atoms with E-state index in [1.54, 1.807) is 0 Å². The zero-order chi connectivity index (χ0) is 20.2. The molecule has 0 bridgehead atoms. The number of hydrogen-bond acceptors (Lipinski definition) is 6. The molecule has 0 aromatic carbocycles. The van der Waals surface area contributed by atoms with Gasteiger partial charge in [0.05, 0.1) is 31.9 Å². The summed E-state index contributed by atoms with van der Waals surface area (Å²) in [6, 6.07) is 4.65. The standard InChI is InChI=1S/C21H36N4O3S.HI/c1-2-22-21(23-8-4-11-28-18-6-12-26-13-7-18)24-17-19(20-5-3-16-29-20)25-9-14-27-15-10-25;/h3,5,16,18-19H,2,4,6-15,17H2,1H3,(H2,22,23,24);1H. The summed E-state index contributed by atoms with van der Waals surface area (Å²) >= 11 is 1.81. The SMILES string of the molecule is CCNC(=NCC(c1cccs1)N1CCOCC1)NCCCOC1CCOCC1.I. The second-order valence-electron chi connectivity index (χ2n) is 7.36. The highest BCUT2D eigenvalue weighted by Crippen LogP contribution is 2.26. The van der Waals surface area contributed by atoms with Gasteiger partial charge in [-0.15, -0.1) is 35.3 Å². The molecule has 172 valence electrons. The largest absolute Gasteiger partial charge is 0.381 e. The Kier molecular flexibility index (Phi) is 13.2. The van der Waals surface area contributed by atoms with Crippen molar-refractivity contribution in [3.05, 3.63) is 22.4 Å². The lowest BCUT2D eigenvalue weighted by molar-refractivity contribution is -0.0320. The number of morpholine rings is 1. The van der Waals surface area contributed by atoms with Gasteiger partial charge in [-0.05, 0) is 37.6 Å². The van der Waals surface area contributed by atoms with Crippen molar-refractivity contribution >= 4 is 41.3 Å². The van der Waals surface area contributed by atoms with Crippen LogP contribution in [-0.2, 0) is 14.2 Å². The van der Waals surface area contributed by atoms with Crippen LogP contribution in [0.2, 0.25) is 0 Å². The van der Waals surface area contributed by atoms with E-state index in [0.29, 0.717) is 12.1 Å². The molecule has 1 atom stereocenters. The van der Waals surface area contributed by atoms with Crippen molar-refractivity contribution in [3.63, 3.8) is 0 Å². The fourth-order valence-corrected chi connectivity index (χ4v) is 4.50. The van der Waals surface area contributed by atoms with E-state index >= 15 is 0 Å². The van der Waals surface area contributed by atoms with Crippen LogP contribution in [0.5, 0.6) is 0 Å². The predicted octanol–water partition coefficient (Wildman–Crippen LogP) is 2.88. The lowest BCUT2D eigenvalue weighted by Crippen LogP contribution is -2.41. The molecule has 0 amide bonds. The maximum atomic E-state index is 5.95. The first-order chi connectivity index (χ1) is 14.4. The van der Waals surface area contributed by atoms with Crippen LogP contribution in [0.4, 0.5) is 0 Å². The van der Waals surface area contributed by atoms with E-state index in [1.165, 1.54) is 4.88 Å². The highest BCUT2D eigenvalue weighted by molar-refractivity contribution is 14.0. The predicted molar refractivity (Wildman–Crippen MR) is 133 cm³/mol. The van der Waals surface area contributed by atoms with Crippen LogP contribution in [0.15, 0.2) is 22.5 Å². The monoisotopic (exact) mass is 552 g/mol. The summed E-state index contributed by atoms with van der Waals surface area (Å²) < 4.78 is 16.9. The minimum Gasteiger partial charge on any atom is -0.381 e. The number of halogens is 1. The highest BCUT2D eigenvalue weighted by atomic mass is 127. The molecular formula is C21H37IN4O3S. The van der Waals surface area contributed by atoms with E-state index in [-0.39, 0.29) is 24.0 Å². The van der Waals surface area contributed by atoms with Crippen molar-refractivity contribution in [2.75, 3.05) is 65.8 Å². The number of hydrogen-bond donors (Lipinski definition) is 2. The molecule has 7 nitrogen and oxygen atoms in total. The van der Waals surface area contributed by atoms with Gasteiger partial charge in [0.25, 0.3) is 0 Å². The van der Waals surface area contributed by atoms with E-state index in [1.807, 2.05) is 11.3 Å². The van der Waals surface area contributed by atoms with Gasteiger partial charge >= 0.3 is 0 Å². The average Bonchev–Trinajstić information content (AvgIpc) is 3.29. The van der Waals surface area contributed by atoms with Gasteiger partial charge < -0.3 is 24.8 Å². The van der Waals surface area contributed by atoms with Gasteiger partial charge in [0.2, 0.25) is 0 Å². The van der Waals surface area contributed by atoms with Crippen LogP contribution in [0, 0.1) is 0 Å². The van der Waals surface area contributed by atoms with E-state index in [4.69, 9.17) is 19.2 Å². The fourth-order valence-electron chi connectivity index (χ4n) is 3.65. The second-order valence-corrected chi connectivity index (χ2v) is 8.34. The Hall–Kier alpha value is -0.460. The molecule has 1 aromatic heterocycles. The van der Waals surface area contributed by atoms with Gasteiger partial charge in [-0.25, -0.2) is 0 Å². The first-order valence-corrected chi connectivity index (χ1v) is 11.8. The van der Waals surface area contributed by atoms with Gasteiger partial charge in [-0.3, -0.25) is 9.89 Å². The molecule has 3 heterocycles. The summed E-state index contributed by atoms with van der Waals surface area (Å²) in [5.74, 6) is 0.883. The summed E-state index contributed by atoms with van der Waals surface area (Å²) in [6.45, 7) is 10.5. The van der Waals surface area contributed by atoms with Gasteiger partial charge in [-0.1, -0.05) is 6.07 Å². The quantitative estimate of drug-likeness (QED) is 0.202. The Balaban J connectivity index is 0.00000320. The van der Waals surface area contributed by atoms with E-state index in [9.17, 15) is 0 Å². The zero-order valence-electron chi connectivity index (χ0n) is 18.0. The number of nitrogens with one attached hydrogen (secondary N) is 2. The number of ether oxygens (including phenoxy) is 3. The van der Waals surface area contributed by atoms with Crippen LogP contribution in [0.1, 0.15) is 37.1 Å². The molecule has 1 aromatic rings. The number of thiophene rings is 1. The van der Waals surface area contributed by atoms with Crippen molar-refractivity contribution in [3.8, 4) is 0 Å². The molecule has 2 aliphatic heterocycles. The molecular weight excluding hydrogens is 515 g/mol. The van der Waals surface area contributed by atoms with Crippen molar-refractivity contribution in [1.82, 2.24) is 15.5 Å². The molecule has 2 N–H and O–H groups in total. The third-order valence-corrected chi connectivity index (χ3v) is 6.23. The van der Waals surface area contributed by atoms with Gasteiger partial charge in [0.15, 0.2) is 5.96 Å². The molecule has 2 saturated heterocycles. The van der Waals surface area contributed by atoms with Crippen molar-refractivity contribution in [2.24, 2.45) is 4.99 Å². The van der Waals surface area contributed by atoms with Crippen LogP contribution in [-0.4, -0.2) is 82.7 Å². The Morgan fingerprint density at radius 1 is 1.23 bits per heavy atom. The van der Waals surface area contributed by atoms with Gasteiger partial charge in [0, 0.05) is 50.9 Å². The van der Waals surface area contributed by atoms with Gasteiger partial charge in [0.1, 0.15) is 0 Å². The maximum Gasteiger partial charge on any atom is 0.191 e. The summed E-state index contributed by atoms with van der Waals surface area (Å²) in [5.41, 5.74) is 0. The smallest absolute Gasteiger partial charge is 0.191 e. The maximum absolute atomic E-state index is 5.95. The van der Waals surface area contributed by atoms with E-state index < -0.39 is 0 Å². The Labute approximate surface area is 202 Å². The van der Waals surface area contributed by atoms with Gasteiger partial charge in [-0.2, -0.15) is 0 Å². The molecule has 30 heavy (non-hydrogen) atoms. The topological polar surface area (TPSA) is 67.4 Å². The minimum absolute atomic E-state index is 0. The van der Waals surface area contributed by atoms with Crippen LogP contribution < -0.4 is 10.6 Å².